The average molecular weight is 400 g/mol. The Morgan fingerprint density at radius 3 is 2.64 bits per heavy atom. The third-order valence-corrected chi connectivity index (χ3v) is 4.39. The van der Waals surface area contributed by atoms with Crippen molar-refractivity contribution >= 4 is 39.9 Å². The summed E-state index contributed by atoms with van der Waals surface area (Å²) in [5, 5.41) is 10.7. The normalized spacial score (nSPS) is 11.0. The van der Waals surface area contributed by atoms with Crippen molar-refractivity contribution < 1.29 is 13.6 Å². The highest BCUT2D eigenvalue weighted by Crippen LogP contribution is 2.28. The van der Waals surface area contributed by atoms with Crippen LogP contribution in [-0.4, -0.2) is 21.1 Å². The van der Waals surface area contributed by atoms with Crippen molar-refractivity contribution in [2.45, 2.75) is 0 Å². The van der Waals surface area contributed by atoms with Crippen LogP contribution in [0.15, 0.2) is 48.7 Å². The molecule has 0 bridgehead atoms. The second-order valence-electron chi connectivity index (χ2n) is 5.98. The highest BCUT2D eigenvalue weighted by molar-refractivity contribution is 6.30. The van der Waals surface area contributed by atoms with E-state index in [4.69, 9.17) is 17.3 Å². The van der Waals surface area contributed by atoms with Gasteiger partial charge in [-0.1, -0.05) is 23.7 Å². The summed E-state index contributed by atoms with van der Waals surface area (Å²) in [6, 6.07) is 10.6. The van der Waals surface area contributed by atoms with Crippen LogP contribution in [0.5, 0.6) is 0 Å². The minimum atomic E-state index is -1.11. The molecule has 0 aliphatic heterocycles. The van der Waals surface area contributed by atoms with Gasteiger partial charge in [0.25, 0.3) is 5.91 Å². The summed E-state index contributed by atoms with van der Waals surface area (Å²) in [5.74, 6) is -3.10. The third-order valence-electron chi connectivity index (χ3n) is 4.14. The minimum Gasteiger partial charge on any atom is -0.396 e. The highest BCUT2D eigenvalue weighted by Gasteiger charge is 2.20. The maximum atomic E-state index is 14.1. The van der Waals surface area contributed by atoms with Crippen molar-refractivity contribution in [3.63, 3.8) is 0 Å². The first kappa shape index (κ1) is 17.9. The Labute approximate surface area is 162 Å². The number of nitrogens with one attached hydrogen (secondary N) is 2. The Morgan fingerprint density at radius 1 is 1.14 bits per heavy atom. The van der Waals surface area contributed by atoms with Gasteiger partial charge < -0.3 is 11.1 Å². The van der Waals surface area contributed by atoms with E-state index < -0.39 is 23.1 Å². The van der Waals surface area contributed by atoms with E-state index in [-0.39, 0.29) is 11.4 Å². The maximum Gasteiger partial charge on any atom is 0.261 e. The first-order valence-electron chi connectivity index (χ1n) is 8.09. The number of nitrogens with zero attached hydrogens (tertiary/aromatic N) is 2. The molecule has 0 aliphatic carbocycles. The zero-order valence-electron chi connectivity index (χ0n) is 14.1. The van der Waals surface area contributed by atoms with E-state index in [0.717, 1.165) is 17.7 Å². The molecule has 2 aromatic carbocycles. The van der Waals surface area contributed by atoms with Crippen molar-refractivity contribution in [3.05, 3.63) is 70.9 Å². The van der Waals surface area contributed by atoms with E-state index in [9.17, 15) is 13.6 Å². The Kier molecular flexibility index (Phi) is 4.40. The van der Waals surface area contributed by atoms with Crippen molar-refractivity contribution in [1.29, 1.82) is 0 Å². The van der Waals surface area contributed by atoms with Crippen LogP contribution in [0.1, 0.15) is 10.4 Å². The molecule has 0 aliphatic rings. The zero-order chi connectivity index (χ0) is 19.8. The number of carbonyl (C=O) groups is 1. The monoisotopic (exact) mass is 399 g/mol. The molecular weight excluding hydrogens is 388 g/mol. The summed E-state index contributed by atoms with van der Waals surface area (Å²) in [7, 11) is 0. The number of rotatable bonds is 3. The fraction of sp³-hybridized carbons (Fsp3) is 0. The number of aromatic amines is 1. The zero-order valence-corrected chi connectivity index (χ0v) is 14.9. The molecule has 6 nitrogen and oxygen atoms in total. The quantitative estimate of drug-likeness (QED) is 0.445. The van der Waals surface area contributed by atoms with Gasteiger partial charge in [0.05, 0.1) is 17.6 Å². The number of amides is 1. The topological polar surface area (TPSA) is 96.7 Å². The summed E-state index contributed by atoms with van der Waals surface area (Å²) in [4.78, 5) is 16.5. The summed E-state index contributed by atoms with van der Waals surface area (Å²) in [6.45, 7) is 0. The largest absolute Gasteiger partial charge is 0.396 e. The molecule has 0 radical (unpaired) electrons. The van der Waals surface area contributed by atoms with Gasteiger partial charge >= 0.3 is 0 Å². The molecule has 2 aromatic heterocycles. The van der Waals surface area contributed by atoms with Gasteiger partial charge in [0.15, 0.2) is 11.5 Å². The second-order valence-corrected chi connectivity index (χ2v) is 6.42. The summed E-state index contributed by atoms with van der Waals surface area (Å²) < 4.78 is 28.0. The van der Waals surface area contributed by atoms with Gasteiger partial charge in [0.2, 0.25) is 0 Å². The predicted octanol–water partition coefficient (Wildman–Crippen LogP) is 4.39. The number of carbonyl (C=O) groups excluding carboxylic acids is 1. The number of hydrogen-bond acceptors (Lipinski definition) is 4. The Bertz CT molecular complexity index is 1210. The molecule has 140 valence electrons. The molecule has 0 saturated carbocycles. The van der Waals surface area contributed by atoms with Gasteiger partial charge in [0, 0.05) is 16.0 Å². The lowest BCUT2D eigenvalue weighted by atomic mass is 10.1. The molecular formula is C19H12ClF2N5O. The molecule has 9 heteroatoms. The number of anilines is 2. The smallest absolute Gasteiger partial charge is 0.261 e. The fourth-order valence-electron chi connectivity index (χ4n) is 2.77. The van der Waals surface area contributed by atoms with E-state index in [1.165, 1.54) is 6.20 Å². The minimum absolute atomic E-state index is 0.246. The van der Waals surface area contributed by atoms with Gasteiger partial charge in [-0.25, -0.2) is 13.8 Å². The van der Waals surface area contributed by atoms with Crippen molar-refractivity contribution in [3.8, 4) is 11.3 Å². The number of aromatic nitrogens is 3. The van der Waals surface area contributed by atoms with Crippen LogP contribution in [0.25, 0.3) is 22.3 Å². The summed E-state index contributed by atoms with van der Waals surface area (Å²) in [5.41, 5.74) is 6.46. The van der Waals surface area contributed by atoms with Crippen LogP contribution in [0, 0.1) is 11.6 Å². The van der Waals surface area contributed by atoms with E-state index in [1.807, 2.05) is 0 Å². The van der Waals surface area contributed by atoms with Gasteiger partial charge in [0.1, 0.15) is 17.1 Å². The van der Waals surface area contributed by atoms with Crippen LogP contribution in [0.2, 0.25) is 5.02 Å². The maximum absolute atomic E-state index is 14.1. The first-order valence-corrected chi connectivity index (χ1v) is 8.46. The molecule has 0 saturated heterocycles. The van der Waals surface area contributed by atoms with Crippen LogP contribution >= 0.6 is 11.6 Å². The Morgan fingerprint density at radius 2 is 1.89 bits per heavy atom. The molecule has 28 heavy (non-hydrogen) atoms. The molecule has 4 N–H and O–H groups in total. The van der Waals surface area contributed by atoms with E-state index in [1.54, 1.807) is 30.3 Å². The van der Waals surface area contributed by atoms with Crippen molar-refractivity contribution in [2.75, 3.05) is 11.1 Å². The van der Waals surface area contributed by atoms with E-state index in [0.29, 0.717) is 21.7 Å². The molecule has 0 atom stereocenters. The van der Waals surface area contributed by atoms with Gasteiger partial charge in [-0.15, -0.1) is 0 Å². The number of benzene rings is 2. The van der Waals surface area contributed by atoms with Crippen LogP contribution in [-0.2, 0) is 0 Å². The Hall–Kier alpha value is -3.52. The van der Waals surface area contributed by atoms with E-state index in [2.05, 4.69) is 20.5 Å². The Balaban J connectivity index is 1.71. The number of H-pyrrole nitrogens is 1. The number of nitrogen functional groups attached to an aromatic ring is 1. The molecule has 0 fully saturated rings. The van der Waals surface area contributed by atoms with Crippen molar-refractivity contribution in [2.24, 2.45) is 0 Å². The van der Waals surface area contributed by atoms with Crippen LogP contribution in [0.3, 0.4) is 0 Å². The number of fused-ring (bicyclic) bond motifs is 1. The molecule has 0 unspecified atom stereocenters. The molecule has 4 rings (SSSR count). The lowest BCUT2D eigenvalue weighted by Gasteiger charge is -2.08. The summed E-state index contributed by atoms with van der Waals surface area (Å²) in [6.07, 6.45) is 1.35. The second kappa shape index (κ2) is 6.90. The molecule has 1 amide bonds. The van der Waals surface area contributed by atoms with E-state index >= 15 is 0 Å². The standard InChI is InChI=1S/C19H12ClF2N5O/c20-10-3-1-9(2-4-10)17-12-7-11(8-24-18(12)27-26-17)25-19(28)15-13(21)5-6-14(23)16(15)22/h1-8H,23H2,(H,25,28)(H,24,26,27). The number of hydrogen-bond donors (Lipinski definition) is 3. The van der Waals surface area contributed by atoms with Gasteiger partial charge in [-0.05, 0) is 30.3 Å². The van der Waals surface area contributed by atoms with Crippen LogP contribution in [0.4, 0.5) is 20.2 Å². The molecule has 0 spiro atoms. The highest BCUT2D eigenvalue weighted by atomic mass is 35.5. The number of nitrogens with two attached hydrogens (primary N) is 1. The SMILES string of the molecule is Nc1ccc(F)c(C(=O)Nc2cnc3[nH]nc(-c4ccc(Cl)cc4)c3c2)c1F. The van der Waals surface area contributed by atoms with Gasteiger partial charge in [-0.2, -0.15) is 5.10 Å². The third kappa shape index (κ3) is 3.14. The number of halogens is 3. The lowest BCUT2D eigenvalue weighted by molar-refractivity contribution is 0.101. The molecule has 4 aromatic rings. The fourth-order valence-corrected chi connectivity index (χ4v) is 2.90. The van der Waals surface area contributed by atoms with Gasteiger partial charge in [-0.3, -0.25) is 9.89 Å². The average Bonchev–Trinajstić information content (AvgIpc) is 3.09. The predicted molar refractivity (Wildman–Crippen MR) is 103 cm³/mol. The molecule has 2 heterocycles. The number of pyridine rings is 1. The van der Waals surface area contributed by atoms with Crippen LogP contribution < -0.4 is 11.1 Å². The van der Waals surface area contributed by atoms with Crippen molar-refractivity contribution in [1.82, 2.24) is 15.2 Å². The lowest BCUT2D eigenvalue weighted by Crippen LogP contribution is -2.17. The first-order chi connectivity index (χ1) is 13.4. The summed E-state index contributed by atoms with van der Waals surface area (Å²) >= 11 is 5.91.